The number of amides is 1. The minimum absolute atomic E-state index is 0.128. The number of guanidine groups is 1. The molecule has 0 radical (unpaired) electrons. The van der Waals surface area contributed by atoms with E-state index < -0.39 is 0 Å². The predicted molar refractivity (Wildman–Crippen MR) is 127 cm³/mol. The van der Waals surface area contributed by atoms with Gasteiger partial charge in [0.15, 0.2) is 5.96 Å². The number of benzene rings is 1. The van der Waals surface area contributed by atoms with Crippen LogP contribution in [0.2, 0.25) is 0 Å². The lowest BCUT2D eigenvalue weighted by atomic mass is 10.2. The molecule has 1 aliphatic rings. The third-order valence-electron chi connectivity index (χ3n) is 4.47. The van der Waals surface area contributed by atoms with Crippen molar-refractivity contribution in [1.29, 1.82) is 0 Å². The Kier molecular flexibility index (Phi) is 11.2. The van der Waals surface area contributed by atoms with E-state index in [1.165, 1.54) is 0 Å². The van der Waals surface area contributed by atoms with E-state index in [9.17, 15) is 4.79 Å². The van der Waals surface area contributed by atoms with Crippen molar-refractivity contribution in [1.82, 2.24) is 10.6 Å². The summed E-state index contributed by atoms with van der Waals surface area (Å²) in [6, 6.07) is 8.26. The highest BCUT2D eigenvalue weighted by atomic mass is 16.5. The number of carbonyl (C=O) groups is 1. The van der Waals surface area contributed by atoms with E-state index in [0.29, 0.717) is 30.9 Å². The topological polar surface area (TPSA) is 84.0 Å². The molecule has 174 valence electrons. The Morgan fingerprint density at radius 3 is 2.52 bits per heavy atom. The maximum Gasteiger partial charge on any atom is 0.220 e. The number of aliphatic imine (C=N–C) groups is 1. The number of anilines is 1. The number of nitrogens with zero attached hydrogens (tertiary/aromatic N) is 1. The summed E-state index contributed by atoms with van der Waals surface area (Å²) in [5.41, 5.74) is 0.935. The molecule has 0 atom stereocenters. The largest absolute Gasteiger partial charge is 0.491 e. The van der Waals surface area contributed by atoms with Gasteiger partial charge in [-0.15, -0.1) is 0 Å². The smallest absolute Gasteiger partial charge is 0.220 e. The van der Waals surface area contributed by atoms with Crippen molar-refractivity contribution < 1.29 is 14.3 Å². The molecule has 1 saturated carbocycles. The number of hydrogen-bond acceptors (Lipinski definition) is 4. The zero-order valence-corrected chi connectivity index (χ0v) is 19.6. The number of nitrogens with one attached hydrogen (secondary N) is 3. The molecule has 31 heavy (non-hydrogen) atoms. The van der Waals surface area contributed by atoms with Gasteiger partial charge in [0, 0.05) is 44.5 Å². The normalized spacial score (nSPS) is 14.1. The number of ether oxygens (including phenoxy) is 2. The van der Waals surface area contributed by atoms with Crippen molar-refractivity contribution in [3.63, 3.8) is 0 Å². The Balaban J connectivity index is 1.80. The van der Waals surface area contributed by atoms with Gasteiger partial charge in [-0.25, -0.2) is 0 Å². The Labute approximate surface area is 187 Å². The Morgan fingerprint density at radius 2 is 1.87 bits per heavy atom. The highest BCUT2D eigenvalue weighted by Crippen LogP contribution is 2.19. The summed E-state index contributed by atoms with van der Waals surface area (Å²) in [6.45, 7) is 11.2. The molecule has 1 aromatic rings. The molecular weight excluding hydrogens is 392 g/mol. The number of carbonyl (C=O) groups excluding carboxylic acids is 1. The second-order valence-electron chi connectivity index (χ2n) is 8.74. The van der Waals surface area contributed by atoms with Gasteiger partial charge < -0.3 is 25.4 Å². The summed E-state index contributed by atoms with van der Waals surface area (Å²) < 4.78 is 11.3. The fourth-order valence-corrected chi connectivity index (χ4v) is 2.82. The first-order valence-corrected chi connectivity index (χ1v) is 11.6. The molecule has 0 unspecified atom stereocenters. The number of rotatable bonds is 14. The Hall–Kier alpha value is -2.28. The van der Waals surface area contributed by atoms with Crippen LogP contribution >= 0.6 is 0 Å². The van der Waals surface area contributed by atoms with Gasteiger partial charge in [0.05, 0.1) is 6.10 Å². The molecule has 1 amide bonds. The van der Waals surface area contributed by atoms with Crippen molar-refractivity contribution in [2.45, 2.75) is 71.9 Å². The van der Waals surface area contributed by atoms with E-state index in [4.69, 9.17) is 9.47 Å². The molecule has 0 bridgehead atoms. The van der Waals surface area contributed by atoms with Gasteiger partial charge in [-0.2, -0.15) is 0 Å². The van der Waals surface area contributed by atoms with Gasteiger partial charge >= 0.3 is 0 Å². The lowest BCUT2D eigenvalue weighted by Crippen LogP contribution is -2.32. The average molecular weight is 433 g/mol. The molecule has 1 aliphatic carbocycles. The van der Waals surface area contributed by atoms with Gasteiger partial charge in [0.25, 0.3) is 0 Å². The molecule has 0 heterocycles. The Bertz CT molecular complexity index is 670. The molecule has 0 spiro atoms. The second-order valence-corrected chi connectivity index (χ2v) is 8.74. The van der Waals surface area contributed by atoms with Gasteiger partial charge in [0.1, 0.15) is 5.75 Å². The minimum atomic E-state index is 0.128. The van der Waals surface area contributed by atoms with Crippen LogP contribution in [0.3, 0.4) is 0 Å². The first-order valence-electron chi connectivity index (χ1n) is 11.6. The maximum atomic E-state index is 11.8. The summed E-state index contributed by atoms with van der Waals surface area (Å²) in [4.78, 5) is 16.5. The SMILES string of the molecule is CC(C)COCCCNC(=NCCCC(=O)NC1CC1)Nc1ccc(OC(C)C)cc1. The highest BCUT2D eigenvalue weighted by Gasteiger charge is 2.22. The molecule has 0 saturated heterocycles. The fraction of sp³-hybridized carbons (Fsp3) is 0.667. The third kappa shape index (κ3) is 12.2. The van der Waals surface area contributed by atoms with Gasteiger partial charge in [0.2, 0.25) is 5.91 Å². The van der Waals surface area contributed by atoms with Crippen molar-refractivity contribution in [3.8, 4) is 5.75 Å². The van der Waals surface area contributed by atoms with Gasteiger partial charge in [-0.05, 0) is 69.7 Å². The lowest BCUT2D eigenvalue weighted by Gasteiger charge is -2.14. The number of hydrogen-bond donors (Lipinski definition) is 3. The average Bonchev–Trinajstić information content (AvgIpc) is 3.52. The molecule has 1 aromatic carbocycles. The standard InChI is InChI=1S/C24H40N4O3/c1-18(2)17-30-16-6-15-26-24(25-14-5-7-23(29)27-20-8-9-20)28-21-10-12-22(13-11-21)31-19(3)4/h10-13,18-20H,5-9,14-17H2,1-4H3,(H,27,29)(H2,25,26,28). The summed E-state index contributed by atoms with van der Waals surface area (Å²) >= 11 is 0. The van der Waals surface area contributed by atoms with Crippen LogP contribution in [-0.4, -0.2) is 50.3 Å². The molecule has 0 aromatic heterocycles. The Morgan fingerprint density at radius 1 is 1.13 bits per heavy atom. The fourth-order valence-electron chi connectivity index (χ4n) is 2.82. The quantitative estimate of drug-likeness (QED) is 0.235. The maximum absolute atomic E-state index is 11.8. The van der Waals surface area contributed by atoms with E-state index >= 15 is 0 Å². The van der Waals surface area contributed by atoms with E-state index in [-0.39, 0.29) is 12.0 Å². The molecule has 2 rings (SSSR count). The van der Waals surface area contributed by atoms with Crippen LogP contribution in [0.4, 0.5) is 5.69 Å². The molecule has 7 heteroatoms. The zero-order valence-electron chi connectivity index (χ0n) is 19.6. The molecular formula is C24H40N4O3. The summed E-state index contributed by atoms with van der Waals surface area (Å²) in [6.07, 6.45) is 4.51. The first-order chi connectivity index (χ1) is 14.9. The second kappa shape index (κ2) is 13.9. The van der Waals surface area contributed by atoms with Crippen LogP contribution in [0.15, 0.2) is 29.3 Å². The van der Waals surface area contributed by atoms with Gasteiger partial charge in [-0.1, -0.05) is 13.8 Å². The van der Waals surface area contributed by atoms with Crippen LogP contribution in [-0.2, 0) is 9.53 Å². The van der Waals surface area contributed by atoms with Crippen LogP contribution in [0.25, 0.3) is 0 Å². The molecule has 3 N–H and O–H groups in total. The first kappa shape index (κ1) is 25.0. The van der Waals surface area contributed by atoms with Crippen molar-refractivity contribution >= 4 is 17.6 Å². The predicted octanol–water partition coefficient (Wildman–Crippen LogP) is 3.95. The summed E-state index contributed by atoms with van der Waals surface area (Å²) in [5.74, 6) is 2.23. The zero-order chi connectivity index (χ0) is 22.5. The summed E-state index contributed by atoms with van der Waals surface area (Å²) in [7, 11) is 0. The van der Waals surface area contributed by atoms with Crippen molar-refractivity contribution in [2.24, 2.45) is 10.9 Å². The van der Waals surface area contributed by atoms with Crippen LogP contribution in [0, 0.1) is 5.92 Å². The van der Waals surface area contributed by atoms with Crippen LogP contribution in [0.1, 0.15) is 59.8 Å². The van der Waals surface area contributed by atoms with E-state index in [1.807, 2.05) is 38.1 Å². The van der Waals surface area contributed by atoms with Crippen LogP contribution in [0.5, 0.6) is 5.75 Å². The highest BCUT2D eigenvalue weighted by molar-refractivity contribution is 5.93. The van der Waals surface area contributed by atoms with E-state index in [1.54, 1.807) is 0 Å². The monoisotopic (exact) mass is 432 g/mol. The lowest BCUT2D eigenvalue weighted by molar-refractivity contribution is -0.121. The third-order valence-corrected chi connectivity index (χ3v) is 4.47. The van der Waals surface area contributed by atoms with E-state index in [0.717, 1.165) is 56.9 Å². The van der Waals surface area contributed by atoms with E-state index in [2.05, 4.69) is 34.8 Å². The van der Waals surface area contributed by atoms with Crippen molar-refractivity contribution in [2.75, 3.05) is 31.6 Å². The van der Waals surface area contributed by atoms with Crippen molar-refractivity contribution in [3.05, 3.63) is 24.3 Å². The summed E-state index contributed by atoms with van der Waals surface area (Å²) in [5, 5.41) is 9.72. The molecule has 0 aliphatic heterocycles. The van der Waals surface area contributed by atoms with Gasteiger partial charge in [-0.3, -0.25) is 9.79 Å². The molecule has 1 fully saturated rings. The minimum Gasteiger partial charge on any atom is -0.491 e. The molecule has 7 nitrogen and oxygen atoms in total. The van der Waals surface area contributed by atoms with Crippen LogP contribution < -0.4 is 20.7 Å².